The van der Waals surface area contributed by atoms with Crippen LogP contribution in [0.15, 0.2) is 24.5 Å². The number of nitrogens with one attached hydrogen (secondary N) is 3. The van der Waals surface area contributed by atoms with Gasteiger partial charge >= 0.3 is 12.3 Å². The zero-order valence-electron chi connectivity index (χ0n) is 18.2. The van der Waals surface area contributed by atoms with Crippen molar-refractivity contribution in [1.82, 2.24) is 29.9 Å². The van der Waals surface area contributed by atoms with Crippen molar-refractivity contribution in [2.45, 2.75) is 55.8 Å². The fourth-order valence-electron chi connectivity index (χ4n) is 4.97. The SMILES string of the molecule is O=C(NC12CC(C1)C2)O[C@H]1CO[C@@H](c2cc(Nc3nccc4nc(CC(F)(F)F)cn34)n[nH]2)[C@H]1F. The van der Waals surface area contributed by atoms with E-state index in [2.05, 4.69) is 30.8 Å². The number of ether oxygens (including phenoxy) is 2. The summed E-state index contributed by atoms with van der Waals surface area (Å²) in [6, 6.07) is 2.97. The number of carbonyl (C=O) groups excluding carboxylic acids is 1. The van der Waals surface area contributed by atoms with E-state index in [-0.39, 0.29) is 35.3 Å². The van der Waals surface area contributed by atoms with E-state index in [4.69, 9.17) is 9.47 Å². The molecular formula is C21H21F4N7O3. The Hall–Kier alpha value is -3.42. The molecule has 4 aliphatic rings. The second-order valence-corrected chi connectivity index (χ2v) is 9.38. The molecule has 0 radical (unpaired) electrons. The maximum absolute atomic E-state index is 15.0. The van der Waals surface area contributed by atoms with Crippen LogP contribution in [0.3, 0.4) is 0 Å². The number of H-pyrrole nitrogens is 1. The summed E-state index contributed by atoms with van der Waals surface area (Å²) >= 11 is 0. The number of amides is 1. The molecule has 0 spiro atoms. The first-order chi connectivity index (χ1) is 16.7. The lowest BCUT2D eigenvalue weighted by Gasteiger charge is -2.61. The van der Waals surface area contributed by atoms with E-state index < -0.39 is 37.1 Å². The molecule has 0 unspecified atom stereocenters. The number of alkyl carbamates (subject to hydrolysis) is 1. The summed E-state index contributed by atoms with van der Waals surface area (Å²) in [4.78, 5) is 20.2. The molecule has 2 bridgehead atoms. The van der Waals surface area contributed by atoms with Crippen molar-refractivity contribution >= 4 is 23.5 Å². The Morgan fingerprint density at radius 3 is 2.86 bits per heavy atom. The van der Waals surface area contributed by atoms with Gasteiger partial charge in [-0.1, -0.05) is 0 Å². The molecule has 3 atom stereocenters. The monoisotopic (exact) mass is 495 g/mol. The molecule has 3 aliphatic carbocycles. The number of anilines is 2. The first-order valence-electron chi connectivity index (χ1n) is 11.1. The van der Waals surface area contributed by atoms with Gasteiger partial charge < -0.3 is 20.1 Å². The summed E-state index contributed by atoms with van der Waals surface area (Å²) < 4.78 is 65.3. The highest BCUT2D eigenvalue weighted by atomic mass is 19.4. The Morgan fingerprint density at radius 2 is 2.14 bits per heavy atom. The van der Waals surface area contributed by atoms with Crippen LogP contribution >= 0.6 is 0 Å². The van der Waals surface area contributed by atoms with Gasteiger partial charge in [-0.3, -0.25) is 9.50 Å². The molecule has 186 valence electrons. The van der Waals surface area contributed by atoms with Crippen molar-refractivity contribution in [1.29, 1.82) is 0 Å². The topological polar surface area (TPSA) is 118 Å². The van der Waals surface area contributed by atoms with Crippen molar-refractivity contribution in [2.75, 3.05) is 11.9 Å². The fraction of sp³-hybridized carbons (Fsp3) is 0.524. The predicted octanol–water partition coefficient (Wildman–Crippen LogP) is 3.36. The van der Waals surface area contributed by atoms with Crippen LogP contribution in [0.2, 0.25) is 0 Å². The Labute approximate surface area is 195 Å². The lowest BCUT2D eigenvalue weighted by Crippen LogP contribution is -2.68. The maximum Gasteiger partial charge on any atom is 0.408 e. The molecular weight excluding hydrogens is 474 g/mol. The van der Waals surface area contributed by atoms with Crippen LogP contribution in [0.4, 0.5) is 34.1 Å². The normalized spacial score (nSPS) is 29.5. The molecule has 3 N–H and O–H groups in total. The van der Waals surface area contributed by atoms with Crippen LogP contribution in [0, 0.1) is 5.92 Å². The standard InChI is InChI=1S/C21H21F4N7O3/c22-16-13(35-19(33)29-20-4-10(5-20)6-20)9-34-17(16)12-3-14(31-30-12)28-18-26-2-1-15-27-11(8-32(15)18)7-21(23,24)25/h1-3,8,10,13,16-17H,4-7,9H2,(H,29,33)(H2,26,28,30,31)/t10?,13-,16-,17-,20?/m0/s1. The van der Waals surface area contributed by atoms with Gasteiger partial charge in [0.1, 0.15) is 11.8 Å². The number of halogens is 4. The Balaban J connectivity index is 1.11. The minimum absolute atomic E-state index is 0.103. The fourth-order valence-corrected chi connectivity index (χ4v) is 4.97. The maximum atomic E-state index is 15.0. The van der Waals surface area contributed by atoms with Gasteiger partial charge in [-0.25, -0.2) is 19.2 Å². The van der Waals surface area contributed by atoms with Crippen molar-refractivity contribution in [3.05, 3.63) is 35.9 Å². The van der Waals surface area contributed by atoms with Gasteiger partial charge in [0.25, 0.3) is 0 Å². The summed E-state index contributed by atoms with van der Waals surface area (Å²) in [6.07, 6.45) is -4.42. The molecule has 4 heterocycles. The number of hydrogen-bond donors (Lipinski definition) is 3. The van der Waals surface area contributed by atoms with Gasteiger partial charge in [-0.2, -0.15) is 18.3 Å². The molecule has 1 saturated heterocycles. The average molecular weight is 495 g/mol. The van der Waals surface area contributed by atoms with Crippen LogP contribution < -0.4 is 10.6 Å². The molecule has 1 amide bonds. The summed E-state index contributed by atoms with van der Waals surface area (Å²) in [5, 5.41) is 12.5. The summed E-state index contributed by atoms with van der Waals surface area (Å²) in [6.45, 7) is -0.103. The number of imidazole rings is 1. The quantitative estimate of drug-likeness (QED) is 0.449. The number of hydrogen-bond acceptors (Lipinski definition) is 7. The predicted molar refractivity (Wildman–Crippen MR) is 112 cm³/mol. The molecule has 7 rings (SSSR count). The van der Waals surface area contributed by atoms with Crippen LogP contribution in [0.5, 0.6) is 0 Å². The van der Waals surface area contributed by atoms with E-state index in [0.717, 1.165) is 19.3 Å². The summed E-state index contributed by atoms with van der Waals surface area (Å²) in [5.41, 5.74) is 0.259. The number of aromatic amines is 1. The molecule has 0 aromatic carbocycles. The lowest BCUT2D eigenvalue weighted by atomic mass is 9.50. The number of aromatic nitrogens is 5. The van der Waals surface area contributed by atoms with Gasteiger partial charge in [-0.15, -0.1) is 0 Å². The van der Waals surface area contributed by atoms with Gasteiger partial charge in [0.15, 0.2) is 18.1 Å². The average Bonchev–Trinajstić information content (AvgIpc) is 3.42. The second-order valence-electron chi connectivity index (χ2n) is 9.38. The largest absolute Gasteiger partial charge is 0.441 e. The van der Waals surface area contributed by atoms with Crippen molar-refractivity contribution < 1.29 is 31.8 Å². The number of carbonyl (C=O) groups is 1. The molecule has 10 nitrogen and oxygen atoms in total. The third kappa shape index (κ3) is 4.15. The Morgan fingerprint density at radius 1 is 1.34 bits per heavy atom. The molecule has 3 aromatic rings. The van der Waals surface area contributed by atoms with Gasteiger partial charge in [0.05, 0.1) is 24.4 Å². The third-order valence-electron chi connectivity index (χ3n) is 6.71. The van der Waals surface area contributed by atoms with E-state index in [1.165, 1.54) is 28.9 Å². The van der Waals surface area contributed by atoms with E-state index in [1.54, 1.807) is 0 Å². The first-order valence-corrected chi connectivity index (χ1v) is 11.1. The number of fused-ring (bicyclic) bond motifs is 1. The van der Waals surface area contributed by atoms with Crippen molar-refractivity contribution in [3.63, 3.8) is 0 Å². The summed E-state index contributed by atoms with van der Waals surface area (Å²) in [7, 11) is 0. The molecule has 1 aliphatic heterocycles. The van der Waals surface area contributed by atoms with Crippen LogP contribution in [-0.2, 0) is 15.9 Å². The highest BCUT2D eigenvalue weighted by Crippen LogP contribution is 2.57. The molecule has 4 fully saturated rings. The highest BCUT2D eigenvalue weighted by Gasteiger charge is 2.58. The van der Waals surface area contributed by atoms with E-state index in [0.29, 0.717) is 11.6 Å². The minimum atomic E-state index is -4.39. The third-order valence-corrected chi connectivity index (χ3v) is 6.71. The molecule has 3 saturated carbocycles. The lowest BCUT2D eigenvalue weighted by molar-refractivity contribution is -0.127. The van der Waals surface area contributed by atoms with Crippen LogP contribution in [0.1, 0.15) is 36.8 Å². The van der Waals surface area contributed by atoms with Gasteiger partial charge in [-0.05, 0) is 31.2 Å². The van der Waals surface area contributed by atoms with Gasteiger partial charge in [0, 0.05) is 24.0 Å². The smallest absolute Gasteiger partial charge is 0.408 e. The van der Waals surface area contributed by atoms with Crippen LogP contribution in [0.25, 0.3) is 5.65 Å². The van der Waals surface area contributed by atoms with E-state index in [9.17, 15) is 18.0 Å². The summed E-state index contributed by atoms with van der Waals surface area (Å²) in [5.74, 6) is 1.11. The van der Waals surface area contributed by atoms with E-state index in [1.807, 2.05) is 0 Å². The second kappa shape index (κ2) is 7.80. The Bertz CT molecular complexity index is 1260. The number of nitrogens with zero attached hydrogens (tertiary/aromatic N) is 4. The number of alkyl halides is 4. The van der Waals surface area contributed by atoms with Gasteiger partial charge in [0.2, 0.25) is 5.95 Å². The van der Waals surface area contributed by atoms with E-state index >= 15 is 4.39 Å². The highest BCUT2D eigenvalue weighted by molar-refractivity contribution is 5.69. The van der Waals surface area contributed by atoms with Crippen molar-refractivity contribution in [2.24, 2.45) is 5.92 Å². The minimum Gasteiger partial charge on any atom is -0.441 e. The molecule has 35 heavy (non-hydrogen) atoms. The molecule has 3 aromatic heterocycles. The van der Waals surface area contributed by atoms with Crippen molar-refractivity contribution in [3.8, 4) is 0 Å². The number of rotatable bonds is 6. The first kappa shape index (κ1) is 22.1. The zero-order valence-corrected chi connectivity index (χ0v) is 18.2. The Kier molecular flexibility index (Phi) is 4.92. The molecule has 14 heteroatoms. The van der Waals surface area contributed by atoms with Crippen LogP contribution in [-0.4, -0.2) is 61.3 Å². The zero-order chi connectivity index (χ0) is 24.4.